The molecule has 1 rings (SSSR count). The lowest BCUT2D eigenvalue weighted by atomic mass is 9.82. The molecule has 92 valence electrons. The summed E-state index contributed by atoms with van der Waals surface area (Å²) in [4.78, 5) is 22.5. The van der Waals surface area contributed by atoms with Crippen LogP contribution in [0.15, 0.2) is 0 Å². The van der Waals surface area contributed by atoms with Crippen molar-refractivity contribution in [2.45, 2.75) is 52.1 Å². The summed E-state index contributed by atoms with van der Waals surface area (Å²) >= 11 is 0. The van der Waals surface area contributed by atoms with Gasteiger partial charge < -0.3 is 9.84 Å². The molecule has 4 nitrogen and oxygen atoms in total. The van der Waals surface area contributed by atoms with Crippen LogP contribution in [0.25, 0.3) is 0 Å². The monoisotopic (exact) mass is 228 g/mol. The molecule has 1 N–H and O–H groups in total. The number of carboxylic acid groups (broad SMARTS) is 1. The first-order chi connectivity index (χ1) is 7.29. The average molecular weight is 228 g/mol. The second-order valence-electron chi connectivity index (χ2n) is 5.42. The number of ether oxygens (including phenoxy) is 1. The van der Waals surface area contributed by atoms with E-state index in [1.165, 1.54) is 0 Å². The predicted molar refractivity (Wildman–Crippen MR) is 58.9 cm³/mol. The Hall–Kier alpha value is -1.06. The van der Waals surface area contributed by atoms with Crippen molar-refractivity contribution in [3.8, 4) is 0 Å². The van der Waals surface area contributed by atoms with Crippen LogP contribution in [0.3, 0.4) is 0 Å². The van der Waals surface area contributed by atoms with Gasteiger partial charge in [0.15, 0.2) is 0 Å². The van der Waals surface area contributed by atoms with Crippen molar-refractivity contribution >= 4 is 11.9 Å². The topological polar surface area (TPSA) is 63.6 Å². The summed E-state index contributed by atoms with van der Waals surface area (Å²) in [7, 11) is 0. The summed E-state index contributed by atoms with van der Waals surface area (Å²) in [5.74, 6) is -1.33. The number of hydrogen-bond donors (Lipinski definition) is 1. The summed E-state index contributed by atoms with van der Waals surface area (Å²) in [5, 5.41) is 8.83. The largest absolute Gasteiger partial charge is 0.481 e. The Balaban J connectivity index is 2.42. The number of hydrogen-bond acceptors (Lipinski definition) is 3. The summed E-state index contributed by atoms with van der Waals surface area (Å²) < 4.78 is 5.29. The smallest absolute Gasteiger partial charge is 0.309 e. The summed E-state index contributed by atoms with van der Waals surface area (Å²) in [6.45, 7) is 5.52. The minimum absolute atomic E-state index is 0.116. The van der Waals surface area contributed by atoms with Crippen molar-refractivity contribution < 1.29 is 19.4 Å². The van der Waals surface area contributed by atoms with Gasteiger partial charge in [0.25, 0.3) is 0 Å². The van der Waals surface area contributed by atoms with Crippen LogP contribution in [0, 0.1) is 11.8 Å². The van der Waals surface area contributed by atoms with Crippen LogP contribution < -0.4 is 0 Å². The lowest BCUT2D eigenvalue weighted by molar-refractivity contribution is -0.162. The first-order valence-corrected chi connectivity index (χ1v) is 5.75. The van der Waals surface area contributed by atoms with Crippen molar-refractivity contribution in [1.82, 2.24) is 0 Å². The van der Waals surface area contributed by atoms with Gasteiger partial charge in [0.2, 0.25) is 0 Å². The zero-order valence-corrected chi connectivity index (χ0v) is 10.2. The van der Waals surface area contributed by atoms with Gasteiger partial charge >= 0.3 is 11.9 Å². The van der Waals surface area contributed by atoms with E-state index in [0.717, 1.165) is 0 Å². The maximum atomic E-state index is 11.7. The van der Waals surface area contributed by atoms with Gasteiger partial charge in [0.05, 0.1) is 11.8 Å². The second kappa shape index (κ2) is 4.85. The van der Waals surface area contributed by atoms with Crippen molar-refractivity contribution in [2.24, 2.45) is 11.8 Å². The van der Waals surface area contributed by atoms with E-state index >= 15 is 0 Å². The van der Waals surface area contributed by atoms with Crippen LogP contribution in [-0.4, -0.2) is 22.6 Å². The van der Waals surface area contributed by atoms with E-state index < -0.39 is 11.6 Å². The quantitative estimate of drug-likeness (QED) is 0.736. The molecule has 0 radical (unpaired) electrons. The first-order valence-electron chi connectivity index (χ1n) is 5.75. The second-order valence-corrected chi connectivity index (χ2v) is 5.42. The molecule has 0 aromatic rings. The van der Waals surface area contributed by atoms with Crippen LogP contribution in [0.1, 0.15) is 46.5 Å². The van der Waals surface area contributed by atoms with Crippen LogP contribution in [0.2, 0.25) is 0 Å². The normalized spacial score (nSPS) is 26.2. The number of rotatable bonds is 2. The van der Waals surface area contributed by atoms with E-state index in [1.54, 1.807) is 0 Å². The van der Waals surface area contributed by atoms with E-state index in [2.05, 4.69) is 0 Å². The molecule has 0 saturated heterocycles. The molecule has 0 spiro atoms. The Morgan fingerprint density at radius 1 is 1.06 bits per heavy atom. The van der Waals surface area contributed by atoms with Gasteiger partial charge in [0.1, 0.15) is 5.60 Å². The molecule has 16 heavy (non-hydrogen) atoms. The van der Waals surface area contributed by atoms with Crippen LogP contribution in [0.4, 0.5) is 0 Å². The lowest BCUT2D eigenvalue weighted by Crippen LogP contribution is -2.32. The Morgan fingerprint density at radius 2 is 1.50 bits per heavy atom. The van der Waals surface area contributed by atoms with E-state index in [9.17, 15) is 9.59 Å². The zero-order valence-electron chi connectivity index (χ0n) is 10.2. The van der Waals surface area contributed by atoms with Gasteiger partial charge in [-0.1, -0.05) is 0 Å². The van der Waals surface area contributed by atoms with E-state index in [-0.39, 0.29) is 17.8 Å². The molecule has 0 heterocycles. The number of carbonyl (C=O) groups excluding carboxylic acids is 1. The molecule has 0 bridgehead atoms. The Morgan fingerprint density at radius 3 is 1.88 bits per heavy atom. The highest BCUT2D eigenvalue weighted by Crippen LogP contribution is 2.30. The fourth-order valence-electron chi connectivity index (χ4n) is 1.96. The fraction of sp³-hybridized carbons (Fsp3) is 0.833. The molecular formula is C12H20O4. The van der Waals surface area contributed by atoms with Gasteiger partial charge in [-0.15, -0.1) is 0 Å². The molecule has 0 aromatic heterocycles. The molecule has 1 aliphatic carbocycles. The Kier molecular flexibility index (Phi) is 3.94. The van der Waals surface area contributed by atoms with Crippen molar-refractivity contribution in [3.63, 3.8) is 0 Å². The first kappa shape index (κ1) is 13.0. The van der Waals surface area contributed by atoms with Crippen LogP contribution >= 0.6 is 0 Å². The number of carbonyl (C=O) groups is 2. The molecule has 0 aromatic carbocycles. The van der Waals surface area contributed by atoms with Crippen LogP contribution in [0.5, 0.6) is 0 Å². The molecule has 1 saturated carbocycles. The average Bonchev–Trinajstić information content (AvgIpc) is 2.15. The zero-order chi connectivity index (χ0) is 12.3. The molecule has 1 fully saturated rings. The fourth-order valence-corrected chi connectivity index (χ4v) is 1.96. The molecule has 4 heteroatoms. The highest BCUT2D eigenvalue weighted by atomic mass is 16.6. The Labute approximate surface area is 96.0 Å². The lowest BCUT2D eigenvalue weighted by Gasteiger charge is -2.28. The summed E-state index contributed by atoms with van der Waals surface area (Å²) in [6.07, 6.45) is 2.43. The number of carboxylic acids is 1. The molecular weight excluding hydrogens is 208 g/mol. The van der Waals surface area contributed by atoms with E-state index in [4.69, 9.17) is 9.84 Å². The summed E-state index contributed by atoms with van der Waals surface area (Å²) in [5.41, 5.74) is -0.458. The van der Waals surface area contributed by atoms with Gasteiger partial charge in [0, 0.05) is 0 Å². The highest BCUT2D eigenvalue weighted by Gasteiger charge is 2.32. The minimum atomic E-state index is -0.748. The molecule has 0 unspecified atom stereocenters. The van der Waals surface area contributed by atoms with Gasteiger partial charge in [-0.05, 0) is 46.5 Å². The van der Waals surface area contributed by atoms with Crippen LogP contribution in [-0.2, 0) is 14.3 Å². The third kappa shape index (κ3) is 3.83. The predicted octanol–water partition coefficient (Wildman–Crippen LogP) is 2.22. The number of aliphatic carboxylic acids is 1. The van der Waals surface area contributed by atoms with Gasteiger partial charge in [-0.25, -0.2) is 0 Å². The van der Waals surface area contributed by atoms with E-state index in [0.29, 0.717) is 25.7 Å². The van der Waals surface area contributed by atoms with Crippen molar-refractivity contribution in [3.05, 3.63) is 0 Å². The van der Waals surface area contributed by atoms with Gasteiger partial charge in [-0.3, -0.25) is 9.59 Å². The summed E-state index contributed by atoms with van der Waals surface area (Å²) in [6, 6.07) is 0. The Bertz CT molecular complexity index is 269. The van der Waals surface area contributed by atoms with Crippen molar-refractivity contribution in [1.29, 1.82) is 0 Å². The molecule has 0 aliphatic heterocycles. The third-order valence-corrected chi connectivity index (χ3v) is 2.82. The molecule has 1 aliphatic rings. The minimum Gasteiger partial charge on any atom is -0.481 e. The third-order valence-electron chi connectivity index (χ3n) is 2.82. The van der Waals surface area contributed by atoms with Crippen molar-refractivity contribution in [2.75, 3.05) is 0 Å². The maximum absolute atomic E-state index is 11.7. The van der Waals surface area contributed by atoms with Gasteiger partial charge in [-0.2, -0.15) is 0 Å². The SMILES string of the molecule is CC(C)(C)OC(=O)[C@H]1CC[C@@H](C(=O)O)CC1. The highest BCUT2D eigenvalue weighted by molar-refractivity contribution is 5.74. The maximum Gasteiger partial charge on any atom is 0.309 e. The van der Waals surface area contributed by atoms with E-state index in [1.807, 2.05) is 20.8 Å². The standard InChI is InChI=1S/C12H20O4/c1-12(2,3)16-11(15)9-6-4-8(5-7-9)10(13)14/h8-9H,4-7H2,1-3H3,(H,13,14)/t8-,9+. The number of esters is 1. The molecule has 0 amide bonds. The molecule has 0 atom stereocenters.